The van der Waals surface area contributed by atoms with Crippen molar-refractivity contribution in [1.29, 1.82) is 0 Å². The fourth-order valence-electron chi connectivity index (χ4n) is 3.27. The number of rotatable bonds is 4. The third kappa shape index (κ3) is 6.07. The number of carbonyl (C=O) groups excluding carboxylic acids is 1. The summed E-state index contributed by atoms with van der Waals surface area (Å²) in [5.41, 5.74) is 2.38. The van der Waals surface area contributed by atoms with Gasteiger partial charge >= 0.3 is 6.36 Å². The molecule has 0 aromatic heterocycles. The van der Waals surface area contributed by atoms with Gasteiger partial charge in [-0.2, -0.15) is 0 Å². The molecule has 1 spiro atoms. The third-order valence-corrected chi connectivity index (χ3v) is 4.53. The number of halogens is 3. The number of hydrogen-bond donors (Lipinski definition) is 2. The molecule has 1 saturated heterocycles. The Hall–Kier alpha value is -2.33. The molecule has 160 valence electrons. The first-order valence-corrected chi connectivity index (χ1v) is 9.37. The van der Waals surface area contributed by atoms with Gasteiger partial charge in [-0.15, -0.1) is 13.2 Å². The molecule has 0 bridgehead atoms. The number of alkyl halides is 3. The molecule has 2 aliphatic heterocycles. The molecule has 1 aromatic rings. The van der Waals surface area contributed by atoms with Crippen molar-refractivity contribution in [3.05, 3.63) is 29.8 Å². The number of likely N-dealkylation sites (tertiary alicyclic amines) is 1. The first-order chi connectivity index (χ1) is 13.4. The van der Waals surface area contributed by atoms with Crippen LogP contribution >= 0.6 is 0 Å². The molecule has 0 saturated carbocycles. The number of hydroxylamine groups is 1. The molecule has 1 aromatic carbocycles. The van der Waals surface area contributed by atoms with Crippen molar-refractivity contribution in [2.75, 3.05) is 19.6 Å². The number of nitrogens with one attached hydrogen (secondary N) is 2. The fraction of sp³-hybridized carbons (Fsp3) is 0.579. The van der Waals surface area contributed by atoms with E-state index < -0.39 is 12.1 Å². The second-order valence-corrected chi connectivity index (χ2v) is 8.26. The summed E-state index contributed by atoms with van der Waals surface area (Å²) in [6.07, 6.45) is -3.53. The molecule has 2 N–H and O–H groups in total. The highest BCUT2D eigenvalue weighted by molar-refractivity contribution is 5.99. The molecule has 29 heavy (non-hydrogen) atoms. The van der Waals surface area contributed by atoms with E-state index in [1.807, 2.05) is 25.7 Å². The van der Waals surface area contributed by atoms with E-state index >= 15 is 0 Å². The van der Waals surface area contributed by atoms with Crippen molar-refractivity contribution in [2.24, 2.45) is 4.99 Å². The van der Waals surface area contributed by atoms with Gasteiger partial charge in [-0.3, -0.25) is 9.69 Å². The van der Waals surface area contributed by atoms with Gasteiger partial charge in [-0.25, -0.2) is 15.3 Å². The standard InChI is InChI=1S/C19H25F3N4O3/c1-17(2,3)23-15(27)12-26-10-8-18(9-11-26)24-16(25-29-18)13-4-6-14(7-5-13)28-19(20,21)22/h4-7H,8-12H2,1-3H3,(H,23,27)(H,24,25). The lowest BCUT2D eigenvalue weighted by atomic mass is 10.0. The van der Waals surface area contributed by atoms with Crippen LogP contribution in [0.4, 0.5) is 13.2 Å². The molecule has 2 heterocycles. The Morgan fingerprint density at radius 2 is 1.86 bits per heavy atom. The smallest absolute Gasteiger partial charge is 0.406 e. The van der Waals surface area contributed by atoms with Crippen LogP contribution in [0, 0.1) is 0 Å². The number of benzene rings is 1. The number of carbonyl (C=O) groups is 1. The molecule has 0 radical (unpaired) electrons. The van der Waals surface area contributed by atoms with Crippen LogP contribution < -0.4 is 15.5 Å². The number of ether oxygens (including phenoxy) is 1. The Bertz CT molecular complexity index is 764. The van der Waals surface area contributed by atoms with Gasteiger partial charge in [-0.1, -0.05) is 0 Å². The van der Waals surface area contributed by atoms with Crippen LogP contribution in [-0.2, 0) is 9.63 Å². The summed E-state index contributed by atoms with van der Waals surface area (Å²) in [5.74, 6) is 0.143. The van der Waals surface area contributed by atoms with Gasteiger partial charge in [0, 0.05) is 37.0 Å². The molecule has 3 rings (SSSR count). The van der Waals surface area contributed by atoms with E-state index in [2.05, 4.69) is 20.5 Å². The Kier molecular flexibility index (Phi) is 5.77. The van der Waals surface area contributed by atoms with Gasteiger partial charge < -0.3 is 10.1 Å². The minimum absolute atomic E-state index is 0.0238. The maximum absolute atomic E-state index is 12.3. The average Bonchev–Trinajstić information content (AvgIpc) is 2.99. The summed E-state index contributed by atoms with van der Waals surface area (Å²) >= 11 is 0. The van der Waals surface area contributed by atoms with Crippen molar-refractivity contribution < 1.29 is 27.5 Å². The minimum atomic E-state index is -4.73. The van der Waals surface area contributed by atoms with Crippen LogP contribution in [0.5, 0.6) is 5.75 Å². The third-order valence-electron chi connectivity index (χ3n) is 4.53. The van der Waals surface area contributed by atoms with Crippen LogP contribution in [-0.4, -0.2) is 53.9 Å². The Labute approximate surface area is 167 Å². The maximum atomic E-state index is 12.3. The summed E-state index contributed by atoms with van der Waals surface area (Å²) in [4.78, 5) is 24.5. The number of amidine groups is 1. The first-order valence-electron chi connectivity index (χ1n) is 9.37. The highest BCUT2D eigenvalue weighted by Crippen LogP contribution is 2.31. The fourth-order valence-corrected chi connectivity index (χ4v) is 3.27. The number of hydrogen-bond acceptors (Lipinski definition) is 6. The molecule has 2 aliphatic rings. The molecular weight excluding hydrogens is 389 g/mol. The molecule has 1 fully saturated rings. The van der Waals surface area contributed by atoms with Gasteiger partial charge in [-0.05, 0) is 45.0 Å². The lowest BCUT2D eigenvalue weighted by Crippen LogP contribution is -2.50. The number of nitrogens with zero attached hydrogens (tertiary/aromatic N) is 2. The minimum Gasteiger partial charge on any atom is -0.406 e. The highest BCUT2D eigenvalue weighted by atomic mass is 19.4. The van der Waals surface area contributed by atoms with E-state index in [4.69, 9.17) is 4.84 Å². The van der Waals surface area contributed by atoms with Gasteiger partial charge in [0.2, 0.25) is 5.91 Å². The normalized spacial score (nSPS) is 19.6. The summed E-state index contributed by atoms with van der Waals surface area (Å²) < 4.78 is 40.7. The van der Waals surface area contributed by atoms with Gasteiger partial charge in [0.25, 0.3) is 0 Å². The van der Waals surface area contributed by atoms with Gasteiger partial charge in [0.1, 0.15) is 5.75 Å². The topological polar surface area (TPSA) is 75.2 Å². The zero-order valence-corrected chi connectivity index (χ0v) is 16.6. The predicted molar refractivity (Wildman–Crippen MR) is 100 cm³/mol. The molecular formula is C19H25F3N4O3. The molecule has 1 amide bonds. The molecule has 0 unspecified atom stereocenters. The van der Waals surface area contributed by atoms with Crippen molar-refractivity contribution in [1.82, 2.24) is 15.7 Å². The summed E-state index contributed by atoms with van der Waals surface area (Å²) in [6, 6.07) is 5.44. The van der Waals surface area contributed by atoms with Crippen molar-refractivity contribution >= 4 is 11.7 Å². The average molecular weight is 414 g/mol. The van der Waals surface area contributed by atoms with E-state index in [0.29, 0.717) is 43.9 Å². The van der Waals surface area contributed by atoms with Crippen LogP contribution in [0.15, 0.2) is 29.3 Å². The highest BCUT2D eigenvalue weighted by Gasteiger charge is 2.41. The second-order valence-electron chi connectivity index (χ2n) is 8.26. The largest absolute Gasteiger partial charge is 0.573 e. The van der Waals surface area contributed by atoms with E-state index in [1.54, 1.807) is 0 Å². The summed E-state index contributed by atoms with van der Waals surface area (Å²) in [6.45, 7) is 7.42. The van der Waals surface area contributed by atoms with E-state index in [0.717, 1.165) is 0 Å². The van der Waals surface area contributed by atoms with Crippen molar-refractivity contribution in [3.8, 4) is 5.75 Å². The van der Waals surface area contributed by atoms with Crippen LogP contribution in [0.2, 0.25) is 0 Å². The quantitative estimate of drug-likeness (QED) is 0.792. The monoisotopic (exact) mass is 414 g/mol. The zero-order valence-electron chi connectivity index (χ0n) is 16.6. The van der Waals surface area contributed by atoms with E-state index in [9.17, 15) is 18.0 Å². The van der Waals surface area contributed by atoms with Crippen molar-refractivity contribution in [2.45, 2.75) is 51.2 Å². The Morgan fingerprint density at radius 3 is 2.41 bits per heavy atom. The lowest BCUT2D eigenvalue weighted by molar-refractivity contribution is -0.274. The molecule has 7 nitrogen and oxygen atoms in total. The number of piperidine rings is 1. The molecule has 0 atom stereocenters. The van der Waals surface area contributed by atoms with Gasteiger partial charge in [0.05, 0.1) is 6.54 Å². The maximum Gasteiger partial charge on any atom is 0.573 e. The second kappa shape index (κ2) is 7.83. The summed E-state index contributed by atoms with van der Waals surface area (Å²) in [7, 11) is 0. The van der Waals surface area contributed by atoms with Crippen LogP contribution in [0.1, 0.15) is 39.2 Å². The molecule has 10 heteroatoms. The van der Waals surface area contributed by atoms with E-state index in [1.165, 1.54) is 24.3 Å². The SMILES string of the molecule is CC(C)(C)NC(=O)CN1CCC2(CC1)N=C(c1ccc(OC(F)(F)F)cc1)NO2. The van der Waals surface area contributed by atoms with Crippen molar-refractivity contribution in [3.63, 3.8) is 0 Å². The van der Waals surface area contributed by atoms with Crippen LogP contribution in [0.3, 0.4) is 0 Å². The first kappa shape index (κ1) is 21.4. The van der Waals surface area contributed by atoms with Gasteiger partial charge in [0.15, 0.2) is 11.6 Å². The lowest BCUT2D eigenvalue weighted by Gasteiger charge is -2.35. The summed E-state index contributed by atoms with van der Waals surface area (Å²) in [5, 5.41) is 2.94. The van der Waals surface area contributed by atoms with Crippen LogP contribution in [0.25, 0.3) is 0 Å². The number of aliphatic imine (C=N–C) groups is 1. The zero-order chi connectivity index (χ0) is 21.3. The Morgan fingerprint density at radius 1 is 1.24 bits per heavy atom. The Balaban J connectivity index is 1.56. The number of amides is 1. The molecule has 0 aliphatic carbocycles. The van der Waals surface area contributed by atoms with E-state index in [-0.39, 0.29) is 17.2 Å². The predicted octanol–water partition coefficient (Wildman–Crippen LogP) is 2.57.